The molecule has 0 aliphatic carbocycles. The van der Waals surface area contributed by atoms with Crippen molar-refractivity contribution in [3.05, 3.63) is 24.3 Å². The first-order valence-electron chi connectivity index (χ1n) is 5.00. The van der Waals surface area contributed by atoms with Gasteiger partial charge in [-0.3, -0.25) is 9.78 Å². The molecule has 0 saturated carbocycles. The van der Waals surface area contributed by atoms with Crippen LogP contribution in [0.5, 0.6) is 0 Å². The van der Waals surface area contributed by atoms with Crippen LogP contribution < -0.4 is 0 Å². The number of carbonyl (C=O) groups excluding carboxylic acids is 1. The lowest BCUT2D eigenvalue weighted by Crippen LogP contribution is -2.40. The van der Waals surface area contributed by atoms with Gasteiger partial charge in [-0.2, -0.15) is 0 Å². The predicted molar refractivity (Wildman–Crippen MR) is 53.7 cm³/mol. The molecule has 0 bridgehead atoms. The van der Waals surface area contributed by atoms with Crippen LogP contribution in [0.1, 0.15) is 23.3 Å². The molecule has 1 N–H and O–H groups in total. The van der Waals surface area contributed by atoms with E-state index in [-0.39, 0.29) is 11.6 Å². The number of carboxylic acids is 1. The van der Waals surface area contributed by atoms with Crippen molar-refractivity contribution in [1.82, 2.24) is 14.9 Å². The van der Waals surface area contributed by atoms with E-state index >= 15 is 0 Å². The van der Waals surface area contributed by atoms with E-state index in [0.29, 0.717) is 19.4 Å². The topological polar surface area (TPSA) is 83.4 Å². The maximum absolute atomic E-state index is 11.9. The zero-order chi connectivity index (χ0) is 11.5. The molecule has 1 aliphatic heterocycles. The molecular formula is C10H11N3O3. The second-order valence-corrected chi connectivity index (χ2v) is 3.59. The minimum atomic E-state index is -0.963. The Morgan fingerprint density at radius 2 is 2.25 bits per heavy atom. The van der Waals surface area contributed by atoms with Crippen molar-refractivity contribution in [3.63, 3.8) is 0 Å². The summed E-state index contributed by atoms with van der Waals surface area (Å²) in [4.78, 5) is 31.8. The SMILES string of the molecule is O=C(O)[C@H]1CCCN1C(=O)c1cnccn1. The number of rotatable bonds is 2. The highest BCUT2D eigenvalue weighted by Gasteiger charge is 2.34. The van der Waals surface area contributed by atoms with Crippen LogP contribution in [0.2, 0.25) is 0 Å². The molecule has 1 fully saturated rings. The Balaban J connectivity index is 2.19. The number of aromatic nitrogens is 2. The lowest BCUT2D eigenvalue weighted by molar-refractivity contribution is -0.141. The Bertz CT molecular complexity index is 407. The molecule has 6 heteroatoms. The number of hydrogen-bond acceptors (Lipinski definition) is 4. The Kier molecular flexibility index (Phi) is 2.80. The Labute approximate surface area is 91.9 Å². The van der Waals surface area contributed by atoms with Crippen LogP contribution in [-0.2, 0) is 4.79 Å². The van der Waals surface area contributed by atoms with Gasteiger partial charge in [-0.1, -0.05) is 0 Å². The average molecular weight is 221 g/mol. The van der Waals surface area contributed by atoms with Gasteiger partial charge in [0.1, 0.15) is 11.7 Å². The van der Waals surface area contributed by atoms with Gasteiger partial charge in [-0.05, 0) is 12.8 Å². The van der Waals surface area contributed by atoms with Gasteiger partial charge < -0.3 is 10.0 Å². The number of aliphatic carboxylic acids is 1. The molecular weight excluding hydrogens is 210 g/mol. The summed E-state index contributed by atoms with van der Waals surface area (Å²) >= 11 is 0. The number of nitrogens with zero attached hydrogens (tertiary/aromatic N) is 3. The zero-order valence-corrected chi connectivity index (χ0v) is 8.54. The van der Waals surface area contributed by atoms with Crippen molar-refractivity contribution in [1.29, 1.82) is 0 Å². The van der Waals surface area contributed by atoms with E-state index in [0.717, 1.165) is 0 Å². The van der Waals surface area contributed by atoms with Gasteiger partial charge in [-0.25, -0.2) is 9.78 Å². The van der Waals surface area contributed by atoms with E-state index in [1.165, 1.54) is 23.5 Å². The minimum Gasteiger partial charge on any atom is -0.480 e. The van der Waals surface area contributed by atoms with Crippen molar-refractivity contribution < 1.29 is 14.7 Å². The first-order chi connectivity index (χ1) is 7.70. The number of likely N-dealkylation sites (tertiary alicyclic amines) is 1. The molecule has 1 saturated heterocycles. The molecule has 0 unspecified atom stereocenters. The van der Waals surface area contributed by atoms with Crippen molar-refractivity contribution in [2.24, 2.45) is 0 Å². The molecule has 16 heavy (non-hydrogen) atoms. The summed E-state index contributed by atoms with van der Waals surface area (Å²) in [5.41, 5.74) is 0.190. The van der Waals surface area contributed by atoms with E-state index in [4.69, 9.17) is 5.11 Å². The first-order valence-corrected chi connectivity index (χ1v) is 5.00. The number of amides is 1. The lowest BCUT2D eigenvalue weighted by Gasteiger charge is -2.20. The molecule has 0 radical (unpaired) electrons. The standard InChI is InChI=1S/C10H11N3O3/c14-9(7-6-11-3-4-12-7)13-5-1-2-8(13)10(15)16/h3-4,6,8H,1-2,5H2,(H,15,16)/t8-/m1/s1. The summed E-state index contributed by atoms with van der Waals surface area (Å²) in [5.74, 6) is -1.33. The van der Waals surface area contributed by atoms with Crippen LogP contribution in [-0.4, -0.2) is 44.4 Å². The molecule has 0 spiro atoms. The normalized spacial score (nSPS) is 19.8. The second kappa shape index (κ2) is 4.26. The maximum atomic E-state index is 11.9. The fraction of sp³-hybridized carbons (Fsp3) is 0.400. The van der Waals surface area contributed by atoms with Crippen LogP contribution in [0.15, 0.2) is 18.6 Å². The van der Waals surface area contributed by atoms with E-state index in [1.54, 1.807) is 0 Å². The summed E-state index contributed by atoms with van der Waals surface area (Å²) in [6.45, 7) is 0.465. The van der Waals surface area contributed by atoms with E-state index in [1.807, 2.05) is 0 Å². The molecule has 1 aromatic heterocycles. The molecule has 1 aromatic rings. The Morgan fingerprint density at radius 1 is 1.44 bits per heavy atom. The fourth-order valence-corrected chi connectivity index (χ4v) is 1.82. The van der Waals surface area contributed by atoms with Gasteiger partial charge in [-0.15, -0.1) is 0 Å². The van der Waals surface area contributed by atoms with Gasteiger partial charge >= 0.3 is 5.97 Å². The van der Waals surface area contributed by atoms with Crippen LogP contribution in [0.4, 0.5) is 0 Å². The minimum absolute atomic E-state index is 0.190. The van der Waals surface area contributed by atoms with Gasteiger partial charge in [0.25, 0.3) is 5.91 Å². The third-order valence-electron chi connectivity index (χ3n) is 2.58. The molecule has 0 aromatic carbocycles. The average Bonchev–Trinajstić information content (AvgIpc) is 2.78. The van der Waals surface area contributed by atoms with E-state index < -0.39 is 12.0 Å². The van der Waals surface area contributed by atoms with Gasteiger partial charge in [0.05, 0.1) is 6.20 Å². The van der Waals surface area contributed by atoms with Gasteiger partial charge in [0, 0.05) is 18.9 Å². The maximum Gasteiger partial charge on any atom is 0.326 e. The lowest BCUT2D eigenvalue weighted by atomic mass is 10.2. The van der Waals surface area contributed by atoms with Gasteiger partial charge in [0.15, 0.2) is 0 Å². The molecule has 1 aliphatic rings. The molecule has 1 atom stereocenters. The quantitative estimate of drug-likeness (QED) is 0.769. The highest BCUT2D eigenvalue weighted by molar-refractivity contribution is 5.95. The first kappa shape index (κ1) is 10.5. The smallest absolute Gasteiger partial charge is 0.326 e. The largest absolute Gasteiger partial charge is 0.480 e. The summed E-state index contributed by atoms with van der Waals surface area (Å²) in [6, 6.07) is -0.727. The number of carboxylic acid groups (broad SMARTS) is 1. The number of hydrogen-bond donors (Lipinski definition) is 1. The second-order valence-electron chi connectivity index (χ2n) is 3.59. The highest BCUT2D eigenvalue weighted by atomic mass is 16.4. The van der Waals surface area contributed by atoms with Crippen LogP contribution >= 0.6 is 0 Å². The highest BCUT2D eigenvalue weighted by Crippen LogP contribution is 2.19. The predicted octanol–water partition coefficient (Wildman–Crippen LogP) is 0.166. The zero-order valence-electron chi connectivity index (χ0n) is 8.54. The van der Waals surface area contributed by atoms with Gasteiger partial charge in [0.2, 0.25) is 0 Å². The Hall–Kier alpha value is -1.98. The van der Waals surface area contributed by atoms with Crippen molar-refractivity contribution >= 4 is 11.9 Å². The van der Waals surface area contributed by atoms with Crippen molar-refractivity contribution in [2.45, 2.75) is 18.9 Å². The van der Waals surface area contributed by atoms with Crippen molar-refractivity contribution in [3.8, 4) is 0 Å². The number of carbonyl (C=O) groups is 2. The molecule has 2 heterocycles. The summed E-state index contributed by atoms with van der Waals surface area (Å²) in [6.07, 6.45) is 5.44. The van der Waals surface area contributed by atoms with E-state index in [9.17, 15) is 9.59 Å². The van der Waals surface area contributed by atoms with Crippen LogP contribution in [0, 0.1) is 0 Å². The summed E-state index contributed by atoms with van der Waals surface area (Å²) in [5, 5.41) is 8.95. The monoisotopic (exact) mass is 221 g/mol. The fourth-order valence-electron chi connectivity index (χ4n) is 1.82. The Morgan fingerprint density at radius 3 is 2.88 bits per heavy atom. The molecule has 1 amide bonds. The van der Waals surface area contributed by atoms with Crippen LogP contribution in [0.25, 0.3) is 0 Å². The summed E-state index contributed by atoms with van der Waals surface area (Å²) in [7, 11) is 0. The van der Waals surface area contributed by atoms with E-state index in [2.05, 4.69) is 9.97 Å². The molecule has 84 valence electrons. The van der Waals surface area contributed by atoms with Crippen molar-refractivity contribution in [2.75, 3.05) is 6.54 Å². The third kappa shape index (κ3) is 1.86. The molecule has 6 nitrogen and oxygen atoms in total. The van der Waals surface area contributed by atoms with Crippen LogP contribution in [0.3, 0.4) is 0 Å². The summed E-state index contributed by atoms with van der Waals surface area (Å²) < 4.78 is 0. The third-order valence-corrected chi connectivity index (χ3v) is 2.58. The molecule has 2 rings (SSSR count).